The summed E-state index contributed by atoms with van der Waals surface area (Å²) in [5, 5.41) is 0.298. The first kappa shape index (κ1) is 9.61. The van der Waals surface area contributed by atoms with Crippen LogP contribution in [-0.4, -0.2) is 5.05 Å². The molecule has 0 fully saturated rings. The lowest BCUT2D eigenvalue weighted by atomic mass is 10.3. The number of hydrogen-bond donors (Lipinski definition) is 0. The summed E-state index contributed by atoms with van der Waals surface area (Å²) in [6, 6.07) is 4.80. The molecule has 0 aromatic heterocycles. The van der Waals surface area contributed by atoms with Crippen molar-refractivity contribution < 1.29 is 9.13 Å². The fourth-order valence-corrected chi connectivity index (χ4v) is 1.16. The fourth-order valence-electron chi connectivity index (χ4n) is 0.718. The molecule has 64 valence electrons. The summed E-state index contributed by atoms with van der Waals surface area (Å²) in [4.78, 5) is 0. The molecule has 0 aliphatic rings. The molecule has 0 spiro atoms. The van der Waals surface area contributed by atoms with Gasteiger partial charge in [-0.15, -0.1) is 0 Å². The van der Waals surface area contributed by atoms with Crippen molar-refractivity contribution in [1.29, 1.82) is 0 Å². The molecule has 4 heteroatoms. The van der Waals surface area contributed by atoms with Gasteiger partial charge in [-0.3, -0.25) is 0 Å². The normalized spacial score (nSPS) is 9.58. The van der Waals surface area contributed by atoms with Crippen LogP contribution in [0.4, 0.5) is 4.39 Å². The molecule has 1 rings (SSSR count). The Morgan fingerprint density at radius 1 is 1.58 bits per heavy atom. The molecule has 1 aromatic rings. The quantitative estimate of drug-likeness (QED) is 0.706. The van der Waals surface area contributed by atoms with Gasteiger partial charge in [0.25, 0.3) is 0 Å². The highest BCUT2D eigenvalue weighted by Gasteiger charge is 2.06. The number of ether oxygens (including phenoxy) is 1. The third kappa shape index (κ3) is 2.25. The Hall–Kier alpha value is -0.480. The van der Waals surface area contributed by atoms with Crippen LogP contribution < -0.4 is 4.74 Å². The summed E-state index contributed by atoms with van der Waals surface area (Å²) in [5.74, 6) is -0.279. The van der Waals surface area contributed by atoms with E-state index in [4.69, 9.17) is 4.74 Å². The highest BCUT2D eigenvalue weighted by Crippen LogP contribution is 2.24. The van der Waals surface area contributed by atoms with Gasteiger partial charge in [-0.05, 0) is 40.3 Å². The molecule has 0 saturated heterocycles. The Bertz CT molecular complexity index is 314. The van der Waals surface area contributed by atoms with E-state index in [0.29, 0.717) is 9.52 Å². The molecule has 0 heterocycles. The van der Waals surface area contributed by atoms with Gasteiger partial charge in [0, 0.05) is 6.92 Å². The first-order valence-electron chi connectivity index (χ1n) is 3.23. The summed E-state index contributed by atoms with van der Waals surface area (Å²) in [7, 11) is 0. The van der Waals surface area contributed by atoms with E-state index in [1.165, 1.54) is 6.07 Å². The average molecular weight is 249 g/mol. The standard InChI is InChI=1S/C8H6BrFOS/c1-5(12)11-7-4-2-3-6(9)8(7)10/h2-4H,1H3. The molecule has 0 radical (unpaired) electrons. The van der Waals surface area contributed by atoms with Crippen molar-refractivity contribution >= 4 is 33.2 Å². The third-order valence-corrected chi connectivity index (χ3v) is 1.87. The van der Waals surface area contributed by atoms with Gasteiger partial charge in [0.05, 0.1) is 4.47 Å². The van der Waals surface area contributed by atoms with Gasteiger partial charge < -0.3 is 4.74 Å². The van der Waals surface area contributed by atoms with Crippen LogP contribution in [0.25, 0.3) is 0 Å². The smallest absolute Gasteiger partial charge is 0.179 e. The SMILES string of the molecule is CC(=S)Oc1cccc(Br)c1F. The van der Waals surface area contributed by atoms with E-state index >= 15 is 0 Å². The summed E-state index contributed by atoms with van der Waals surface area (Å²) in [5.41, 5.74) is 0. The maximum Gasteiger partial charge on any atom is 0.179 e. The van der Waals surface area contributed by atoms with Crippen molar-refractivity contribution in [2.75, 3.05) is 0 Å². The molecular weight excluding hydrogens is 243 g/mol. The average Bonchev–Trinajstić information content (AvgIpc) is 1.98. The lowest BCUT2D eigenvalue weighted by Gasteiger charge is -2.04. The molecule has 0 N–H and O–H groups in total. The van der Waals surface area contributed by atoms with E-state index in [1.807, 2.05) is 0 Å². The third-order valence-electron chi connectivity index (χ3n) is 1.17. The Morgan fingerprint density at radius 2 is 2.25 bits per heavy atom. The minimum atomic E-state index is -0.429. The second kappa shape index (κ2) is 3.96. The fraction of sp³-hybridized carbons (Fsp3) is 0.125. The minimum absolute atomic E-state index is 0.150. The van der Waals surface area contributed by atoms with Crippen molar-refractivity contribution in [3.63, 3.8) is 0 Å². The number of thiocarbonyl (C=S) groups is 1. The van der Waals surface area contributed by atoms with Gasteiger partial charge in [0.2, 0.25) is 0 Å². The maximum atomic E-state index is 13.1. The van der Waals surface area contributed by atoms with Gasteiger partial charge in [-0.1, -0.05) is 6.07 Å². The molecule has 1 aromatic carbocycles. The molecule has 0 aliphatic heterocycles. The number of rotatable bonds is 1. The Balaban J connectivity index is 3.00. The van der Waals surface area contributed by atoms with Crippen molar-refractivity contribution in [3.8, 4) is 5.75 Å². The van der Waals surface area contributed by atoms with E-state index in [9.17, 15) is 4.39 Å². The minimum Gasteiger partial charge on any atom is -0.447 e. The first-order chi connectivity index (χ1) is 5.61. The van der Waals surface area contributed by atoms with Crippen molar-refractivity contribution in [2.45, 2.75) is 6.92 Å². The van der Waals surface area contributed by atoms with Gasteiger partial charge in [-0.25, -0.2) is 4.39 Å². The number of halogens is 2. The summed E-state index contributed by atoms with van der Waals surface area (Å²) >= 11 is 7.71. The zero-order valence-electron chi connectivity index (χ0n) is 6.30. The monoisotopic (exact) mass is 248 g/mol. The molecule has 0 bridgehead atoms. The summed E-state index contributed by atoms with van der Waals surface area (Å²) < 4.78 is 18.5. The Labute approximate surface area is 83.7 Å². The Kier molecular flexibility index (Phi) is 3.17. The van der Waals surface area contributed by atoms with Crippen LogP contribution in [0.2, 0.25) is 0 Å². The highest BCUT2D eigenvalue weighted by atomic mass is 79.9. The predicted octanol–water partition coefficient (Wildman–Crippen LogP) is 3.31. The van der Waals surface area contributed by atoms with Crippen LogP contribution in [0.15, 0.2) is 22.7 Å². The lowest BCUT2D eigenvalue weighted by Crippen LogP contribution is -2.00. The van der Waals surface area contributed by atoms with Gasteiger partial charge in [-0.2, -0.15) is 0 Å². The predicted molar refractivity (Wildman–Crippen MR) is 53.0 cm³/mol. The van der Waals surface area contributed by atoms with Crippen LogP contribution in [0.5, 0.6) is 5.75 Å². The molecule has 0 amide bonds. The molecule has 0 unspecified atom stereocenters. The highest BCUT2D eigenvalue weighted by molar-refractivity contribution is 9.10. The van der Waals surface area contributed by atoms with Crippen molar-refractivity contribution in [2.24, 2.45) is 0 Å². The number of hydrogen-bond acceptors (Lipinski definition) is 2. The summed E-state index contributed by atoms with van der Waals surface area (Å²) in [6.45, 7) is 1.59. The molecule has 0 saturated carbocycles. The molecule has 1 nitrogen and oxygen atoms in total. The lowest BCUT2D eigenvalue weighted by molar-refractivity contribution is 0.494. The van der Waals surface area contributed by atoms with E-state index in [2.05, 4.69) is 28.1 Å². The van der Waals surface area contributed by atoms with Crippen LogP contribution in [0, 0.1) is 5.82 Å². The van der Waals surface area contributed by atoms with E-state index in [0.717, 1.165) is 0 Å². The zero-order chi connectivity index (χ0) is 9.14. The van der Waals surface area contributed by atoms with Crippen LogP contribution in [-0.2, 0) is 0 Å². The summed E-state index contributed by atoms with van der Waals surface area (Å²) in [6.07, 6.45) is 0. The van der Waals surface area contributed by atoms with Gasteiger partial charge in [0.1, 0.15) is 0 Å². The molecule has 0 atom stereocenters. The first-order valence-corrected chi connectivity index (χ1v) is 4.44. The topological polar surface area (TPSA) is 9.23 Å². The van der Waals surface area contributed by atoms with Crippen molar-refractivity contribution in [1.82, 2.24) is 0 Å². The Morgan fingerprint density at radius 3 is 2.83 bits per heavy atom. The maximum absolute atomic E-state index is 13.1. The van der Waals surface area contributed by atoms with E-state index < -0.39 is 5.82 Å². The second-order valence-electron chi connectivity index (χ2n) is 2.15. The van der Waals surface area contributed by atoms with Crippen LogP contribution in [0.1, 0.15) is 6.92 Å². The largest absolute Gasteiger partial charge is 0.447 e. The van der Waals surface area contributed by atoms with Crippen LogP contribution in [0.3, 0.4) is 0 Å². The molecule has 0 aliphatic carbocycles. The van der Waals surface area contributed by atoms with E-state index in [1.54, 1.807) is 19.1 Å². The van der Waals surface area contributed by atoms with Gasteiger partial charge >= 0.3 is 0 Å². The molecule has 12 heavy (non-hydrogen) atoms. The number of benzene rings is 1. The second-order valence-corrected chi connectivity index (χ2v) is 3.57. The zero-order valence-corrected chi connectivity index (χ0v) is 8.71. The van der Waals surface area contributed by atoms with E-state index in [-0.39, 0.29) is 5.75 Å². The molecular formula is C8H6BrFOS. The van der Waals surface area contributed by atoms with Crippen molar-refractivity contribution in [3.05, 3.63) is 28.5 Å². The van der Waals surface area contributed by atoms with Gasteiger partial charge in [0.15, 0.2) is 16.6 Å². The van der Waals surface area contributed by atoms with Crippen LogP contribution >= 0.6 is 28.1 Å².